The number of ether oxygens (including phenoxy) is 1. The highest BCUT2D eigenvalue weighted by Gasteiger charge is 2.00. The van der Waals surface area contributed by atoms with Gasteiger partial charge in [0.05, 0.1) is 7.11 Å². The summed E-state index contributed by atoms with van der Waals surface area (Å²) in [4.78, 5) is 4.11. The van der Waals surface area contributed by atoms with Gasteiger partial charge in [-0.15, -0.1) is 0 Å². The summed E-state index contributed by atoms with van der Waals surface area (Å²) in [6, 6.07) is 8.22. The first kappa shape index (κ1) is 13.8. The van der Waals surface area contributed by atoms with Gasteiger partial charge in [-0.05, 0) is 29.3 Å². The molecule has 0 spiro atoms. The minimum Gasteiger partial charge on any atom is -0.481 e. The maximum atomic E-state index is 13.1. The molecular formula is C14H14ClFN2O. The Morgan fingerprint density at radius 3 is 2.63 bits per heavy atom. The molecular weight excluding hydrogens is 267 g/mol. The zero-order valence-corrected chi connectivity index (χ0v) is 11.2. The number of pyridine rings is 1. The van der Waals surface area contributed by atoms with Gasteiger partial charge in [0.25, 0.3) is 0 Å². The molecule has 2 aromatic rings. The van der Waals surface area contributed by atoms with Crippen LogP contribution in [-0.2, 0) is 13.1 Å². The molecule has 1 aromatic carbocycles. The Hall–Kier alpha value is -1.65. The van der Waals surface area contributed by atoms with Crippen LogP contribution >= 0.6 is 11.6 Å². The van der Waals surface area contributed by atoms with Gasteiger partial charge in [-0.1, -0.05) is 17.7 Å². The number of nitrogens with zero attached hydrogens (tertiary/aromatic N) is 1. The van der Waals surface area contributed by atoms with Crippen LogP contribution in [0.2, 0.25) is 5.02 Å². The molecule has 2 rings (SSSR count). The third kappa shape index (κ3) is 4.19. The number of methoxy groups -OCH3 is 1. The van der Waals surface area contributed by atoms with Gasteiger partial charge in [0.2, 0.25) is 5.88 Å². The molecule has 0 unspecified atom stereocenters. The van der Waals surface area contributed by atoms with Crippen LogP contribution < -0.4 is 10.1 Å². The van der Waals surface area contributed by atoms with Gasteiger partial charge in [-0.2, -0.15) is 0 Å². The van der Waals surface area contributed by atoms with Crippen molar-refractivity contribution < 1.29 is 9.13 Å². The zero-order valence-electron chi connectivity index (χ0n) is 10.5. The van der Waals surface area contributed by atoms with E-state index in [2.05, 4.69) is 10.3 Å². The largest absolute Gasteiger partial charge is 0.481 e. The van der Waals surface area contributed by atoms with Crippen molar-refractivity contribution in [1.29, 1.82) is 0 Å². The molecule has 0 radical (unpaired) electrons. The molecule has 0 aliphatic heterocycles. The highest BCUT2D eigenvalue weighted by Crippen LogP contribution is 2.14. The zero-order chi connectivity index (χ0) is 13.7. The summed E-state index contributed by atoms with van der Waals surface area (Å²) in [5.41, 5.74) is 1.84. The molecule has 3 nitrogen and oxygen atoms in total. The molecule has 100 valence electrons. The van der Waals surface area contributed by atoms with E-state index in [9.17, 15) is 4.39 Å². The summed E-state index contributed by atoms with van der Waals surface area (Å²) < 4.78 is 18.1. The summed E-state index contributed by atoms with van der Waals surface area (Å²) in [5, 5.41) is 3.61. The SMILES string of the molecule is COc1ccc(CNCc2cc(F)cc(Cl)c2)cn1. The number of hydrogen-bond donors (Lipinski definition) is 1. The van der Waals surface area contributed by atoms with Gasteiger partial charge in [0.1, 0.15) is 5.82 Å². The Bertz CT molecular complexity index is 525. The van der Waals surface area contributed by atoms with Gasteiger partial charge in [-0.3, -0.25) is 0 Å². The van der Waals surface area contributed by atoms with Crippen LogP contribution in [0.25, 0.3) is 0 Å². The first-order chi connectivity index (χ1) is 9.17. The molecule has 1 heterocycles. The molecule has 0 saturated carbocycles. The first-order valence-corrected chi connectivity index (χ1v) is 6.20. The Balaban J connectivity index is 1.88. The molecule has 5 heteroatoms. The average molecular weight is 281 g/mol. The Morgan fingerprint density at radius 1 is 1.21 bits per heavy atom. The molecule has 0 aliphatic carbocycles. The maximum absolute atomic E-state index is 13.1. The standard InChI is InChI=1S/C14H14ClFN2O/c1-19-14-3-2-10(9-18-14)7-17-8-11-4-12(15)6-13(16)5-11/h2-6,9,17H,7-8H2,1H3. The van der Waals surface area contributed by atoms with Crippen molar-refractivity contribution in [2.24, 2.45) is 0 Å². The van der Waals surface area contributed by atoms with Crippen LogP contribution in [-0.4, -0.2) is 12.1 Å². The van der Waals surface area contributed by atoms with E-state index in [0.29, 0.717) is 24.0 Å². The van der Waals surface area contributed by atoms with Crippen LogP contribution in [0.3, 0.4) is 0 Å². The second-order valence-corrected chi connectivity index (χ2v) is 4.53. The lowest BCUT2D eigenvalue weighted by Crippen LogP contribution is -2.13. The normalized spacial score (nSPS) is 10.5. The molecule has 1 N–H and O–H groups in total. The van der Waals surface area contributed by atoms with Crippen LogP contribution in [0, 0.1) is 5.82 Å². The third-order valence-electron chi connectivity index (χ3n) is 2.59. The second kappa shape index (κ2) is 6.50. The van der Waals surface area contributed by atoms with E-state index in [1.807, 2.05) is 6.07 Å². The number of hydrogen-bond acceptors (Lipinski definition) is 3. The predicted molar refractivity (Wildman–Crippen MR) is 72.7 cm³/mol. The van der Waals surface area contributed by atoms with Crippen molar-refractivity contribution in [3.63, 3.8) is 0 Å². The van der Waals surface area contributed by atoms with Crippen molar-refractivity contribution in [3.8, 4) is 5.88 Å². The Kier molecular flexibility index (Phi) is 4.71. The summed E-state index contributed by atoms with van der Waals surface area (Å²) in [6.45, 7) is 1.19. The Morgan fingerprint density at radius 2 is 2.00 bits per heavy atom. The lowest BCUT2D eigenvalue weighted by atomic mass is 10.2. The first-order valence-electron chi connectivity index (χ1n) is 5.82. The summed E-state index contributed by atoms with van der Waals surface area (Å²) in [7, 11) is 1.58. The van der Waals surface area contributed by atoms with Gasteiger partial charge >= 0.3 is 0 Å². The summed E-state index contributed by atoms with van der Waals surface area (Å²) >= 11 is 5.79. The monoisotopic (exact) mass is 280 g/mol. The molecule has 1 aromatic heterocycles. The van der Waals surface area contributed by atoms with Crippen molar-refractivity contribution in [3.05, 3.63) is 58.5 Å². The fraction of sp³-hybridized carbons (Fsp3) is 0.214. The van der Waals surface area contributed by atoms with E-state index in [4.69, 9.17) is 16.3 Å². The van der Waals surface area contributed by atoms with E-state index in [1.165, 1.54) is 12.1 Å². The lowest BCUT2D eigenvalue weighted by Gasteiger charge is -2.06. The molecule has 0 fully saturated rings. The molecule has 0 saturated heterocycles. The highest BCUT2D eigenvalue weighted by atomic mass is 35.5. The van der Waals surface area contributed by atoms with E-state index < -0.39 is 0 Å². The van der Waals surface area contributed by atoms with Gasteiger partial charge in [-0.25, -0.2) is 9.37 Å². The number of aromatic nitrogens is 1. The van der Waals surface area contributed by atoms with Gasteiger partial charge in [0, 0.05) is 30.4 Å². The average Bonchev–Trinajstić information content (AvgIpc) is 2.38. The topological polar surface area (TPSA) is 34.1 Å². The fourth-order valence-electron chi connectivity index (χ4n) is 1.70. The lowest BCUT2D eigenvalue weighted by molar-refractivity contribution is 0.397. The van der Waals surface area contributed by atoms with Crippen LogP contribution in [0.4, 0.5) is 4.39 Å². The van der Waals surface area contributed by atoms with Crippen LogP contribution in [0.5, 0.6) is 5.88 Å². The smallest absolute Gasteiger partial charge is 0.212 e. The van der Waals surface area contributed by atoms with E-state index in [-0.39, 0.29) is 5.82 Å². The van der Waals surface area contributed by atoms with Gasteiger partial charge < -0.3 is 10.1 Å². The highest BCUT2D eigenvalue weighted by molar-refractivity contribution is 6.30. The van der Waals surface area contributed by atoms with Gasteiger partial charge in [0.15, 0.2) is 0 Å². The van der Waals surface area contributed by atoms with Crippen molar-refractivity contribution in [1.82, 2.24) is 10.3 Å². The molecule has 19 heavy (non-hydrogen) atoms. The quantitative estimate of drug-likeness (QED) is 0.913. The van der Waals surface area contributed by atoms with E-state index >= 15 is 0 Å². The minimum absolute atomic E-state index is 0.324. The summed E-state index contributed by atoms with van der Waals surface area (Å²) in [6.07, 6.45) is 1.74. The van der Waals surface area contributed by atoms with E-state index in [0.717, 1.165) is 11.1 Å². The summed E-state index contributed by atoms with van der Waals surface area (Å²) in [5.74, 6) is 0.260. The van der Waals surface area contributed by atoms with Crippen LogP contribution in [0.1, 0.15) is 11.1 Å². The van der Waals surface area contributed by atoms with Crippen molar-refractivity contribution in [2.75, 3.05) is 7.11 Å². The third-order valence-corrected chi connectivity index (χ3v) is 2.81. The Labute approximate surface area is 116 Å². The molecule has 0 bridgehead atoms. The number of rotatable bonds is 5. The molecule has 0 aliphatic rings. The predicted octanol–water partition coefficient (Wildman–Crippen LogP) is 3.17. The van der Waals surface area contributed by atoms with Crippen LogP contribution in [0.15, 0.2) is 36.5 Å². The van der Waals surface area contributed by atoms with Crippen molar-refractivity contribution >= 4 is 11.6 Å². The maximum Gasteiger partial charge on any atom is 0.212 e. The fourth-order valence-corrected chi connectivity index (χ4v) is 1.94. The second-order valence-electron chi connectivity index (χ2n) is 4.09. The van der Waals surface area contributed by atoms with E-state index in [1.54, 1.807) is 25.4 Å². The number of halogens is 2. The number of nitrogens with one attached hydrogen (secondary N) is 1. The molecule has 0 atom stereocenters. The molecule has 0 amide bonds. The number of benzene rings is 1. The minimum atomic E-state index is -0.324. The van der Waals surface area contributed by atoms with Crippen molar-refractivity contribution in [2.45, 2.75) is 13.1 Å².